The molecule has 0 fully saturated rings. The van der Waals surface area contributed by atoms with E-state index in [-0.39, 0.29) is 6.04 Å². The van der Waals surface area contributed by atoms with E-state index in [0.29, 0.717) is 0 Å². The lowest BCUT2D eigenvalue weighted by molar-refractivity contribution is 0.497. The molecule has 0 aliphatic carbocycles. The molecule has 0 spiro atoms. The number of aromatic nitrogens is 1. The van der Waals surface area contributed by atoms with Crippen LogP contribution < -0.4 is 5.32 Å². The number of rotatable bonds is 4. The van der Waals surface area contributed by atoms with Crippen LogP contribution in [0.1, 0.15) is 12.7 Å². The van der Waals surface area contributed by atoms with E-state index in [1.807, 2.05) is 30.3 Å². The van der Waals surface area contributed by atoms with Gasteiger partial charge >= 0.3 is 0 Å². The molecular weight excluding hydrogens is 268 g/mol. The lowest BCUT2D eigenvalue weighted by atomic mass is 10.2. The van der Waals surface area contributed by atoms with Crippen LogP contribution in [-0.2, 0) is 6.42 Å². The van der Waals surface area contributed by atoms with Gasteiger partial charge in [0.1, 0.15) is 16.2 Å². The van der Waals surface area contributed by atoms with Crippen molar-refractivity contribution in [3.05, 3.63) is 47.0 Å². The van der Waals surface area contributed by atoms with Crippen molar-refractivity contribution in [3.8, 4) is 0 Å². The topological polar surface area (TPSA) is 38.1 Å². The van der Waals surface area contributed by atoms with Crippen LogP contribution in [0.15, 0.2) is 45.6 Å². The minimum Gasteiger partial charge on any atom is -0.469 e. The summed E-state index contributed by atoms with van der Waals surface area (Å²) in [5.74, 6) is 1.85. The van der Waals surface area contributed by atoms with Crippen molar-refractivity contribution in [1.82, 2.24) is 4.98 Å². The molecule has 2 rings (SSSR count). The first-order valence-electron chi connectivity index (χ1n) is 5.15. The normalized spacial score (nSPS) is 12.4. The number of halogens is 1. The highest BCUT2D eigenvalue weighted by Gasteiger charge is 2.06. The third kappa shape index (κ3) is 3.10. The fourth-order valence-electron chi connectivity index (χ4n) is 1.52. The minimum absolute atomic E-state index is 0.285. The molecule has 1 N–H and O–H groups in total. The quantitative estimate of drug-likeness (QED) is 0.872. The van der Waals surface area contributed by atoms with Gasteiger partial charge in [-0.3, -0.25) is 0 Å². The number of furan rings is 1. The first-order chi connectivity index (χ1) is 7.74. The average molecular weight is 281 g/mol. The van der Waals surface area contributed by atoms with Crippen molar-refractivity contribution in [2.75, 3.05) is 5.32 Å². The van der Waals surface area contributed by atoms with Gasteiger partial charge in [-0.1, -0.05) is 6.07 Å². The van der Waals surface area contributed by atoms with Gasteiger partial charge < -0.3 is 9.73 Å². The van der Waals surface area contributed by atoms with Gasteiger partial charge in [-0.05, 0) is 47.1 Å². The Balaban J connectivity index is 1.94. The summed E-state index contributed by atoms with van der Waals surface area (Å²) in [6.45, 7) is 2.10. The summed E-state index contributed by atoms with van der Waals surface area (Å²) >= 11 is 3.34. The summed E-state index contributed by atoms with van der Waals surface area (Å²) in [6, 6.07) is 9.98. The number of pyridine rings is 1. The predicted molar refractivity (Wildman–Crippen MR) is 67.4 cm³/mol. The molecular formula is C12H13BrN2O. The lowest BCUT2D eigenvalue weighted by Crippen LogP contribution is -2.18. The largest absolute Gasteiger partial charge is 0.469 e. The minimum atomic E-state index is 0.285. The van der Waals surface area contributed by atoms with Crippen LogP contribution in [-0.4, -0.2) is 11.0 Å². The maximum atomic E-state index is 5.30. The van der Waals surface area contributed by atoms with Crippen molar-refractivity contribution in [3.63, 3.8) is 0 Å². The van der Waals surface area contributed by atoms with Crippen molar-refractivity contribution in [1.29, 1.82) is 0 Å². The molecule has 2 aromatic rings. The second-order valence-corrected chi connectivity index (χ2v) is 4.49. The molecule has 0 saturated heterocycles. The van der Waals surface area contributed by atoms with Crippen LogP contribution in [0.3, 0.4) is 0 Å². The Morgan fingerprint density at radius 2 is 2.25 bits per heavy atom. The summed E-state index contributed by atoms with van der Waals surface area (Å²) in [6.07, 6.45) is 2.54. The summed E-state index contributed by atoms with van der Waals surface area (Å²) in [5, 5.41) is 3.32. The number of nitrogens with zero attached hydrogens (tertiary/aromatic N) is 1. The van der Waals surface area contributed by atoms with E-state index in [4.69, 9.17) is 4.42 Å². The number of hydrogen-bond donors (Lipinski definition) is 1. The van der Waals surface area contributed by atoms with Crippen molar-refractivity contribution in [2.24, 2.45) is 0 Å². The van der Waals surface area contributed by atoms with E-state index >= 15 is 0 Å². The second-order valence-electron chi connectivity index (χ2n) is 3.67. The van der Waals surface area contributed by atoms with E-state index in [0.717, 1.165) is 22.6 Å². The summed E-state index contributed by atoms with van der Waals surface area (Å²) in [4.78, 5) is 4.32. The molecule has 1 unspecified atom stereocenters. The van der Waals surface area contributed by atoms with E-state index in [1.165, 1.54) is 0 Å². The molecule has 1 atom stereocenters. The molecule has 0 saturated carbocycles. The van der Waals surface area contributed by atoms with Crippen LogP contribution in [0, 0.1) is 0 Å². The highest BCUT2D eigenvalue weighted by molar-refractivity contribution is 9.10. The smallest absolute Gasteiger partial charge is 0.127 e. The Hall–Kier alpha value is -1.29. The molecule has 2 aromatic heterocycles. The van der Waals surface area contributed by atoms with Crippen molar-refractivity contribution >= 4 is 21.7 Å². The molecule has 84 valence electrons. The molecule has 3 nitrogen and oxygen atoms in total. The standard InChI is InChI=1S/C12H13BrN2O/c1-9(8-10-4-3-7-16-10)14-12-6-2-5-11(13)15-12/h2-7,9H,8H2,1H3,(H,14,15). The summed E-state index contributed by atoms with van der Waals surface area (Å²) in [5.41, 5.74) is 0. The summed E-state index contributed by atoms with van der Waals surface area (Å²) < 4.78 is 6.13. The van der Waals surface area contributed by atoms with Crippen LogP contribution in [0.4, 0.5) is 5.82 Å². The highest BCUT2D eigenvalue weighted by atomic mass is 79.9. The van der Waals surface area contributed by atoms with Crippen LogP contribution in [0.25, 0.3) is 0 Å². The maximum absolute atomic E-state index is 5.30. The van der Waals surface area contributed by atoms with Crippen LogP contribution in [0.5, 0.6) is 0 Å². The number of hydrogen-bond acceptors (Lipinski definition) is 3. The van der Waals surface area contributed by atoms with Gasteiger partial charge in [-0.2, -0.15) is 0 Å². The van der Waals surface area contributed by atoms with Crippen LogP contribution in [0.2, 0.25) is 0 Å². The SMILES string of the molecule is CC(Cc1ccco1)Nc1cccc(Br)n1. The van der Waals surface area contributed by atoms with Gasteiger partial charge in [0, 0.05) is 12.5 Å². The Kier molecular flexibility index (Phi) is 3.62. The fraction of sp³-hybridized carbons (Fsp3) is 0.250. The molecule has 0 aliphatic heterocycles. The highest BCUT2D eigenvalue weighted by Crippen LogP contribution is 2.12. The van der Waals surface area contributed by atoms with Crippen molar-refractivity contribution < 1.29 is 4.42 Å². The molecule has 0 bridgehead atoms. The third-order valence-corrected chi connectivity index (χ3v) is 2.64. The molecule has 4 heteroatoms. The van der Waals surface area contributed by atoms with E-state index in [1.54, 1.807) is 6.26 Å². The average Bonchev–Trinajstić information content (AvgIpc) is 2.70. The Labute approximate surface area is 103 Å². The molecule has 0 aromatic carbocycles. The van der Waals surface area contributed by atoms with Crippen molar-refractivity contribution in [2.45, 2.75) is 19.4 Å². The van der Waals surface area contributed by atoms with Gasteiger partial charge in [0.2, 0.25) is 0 Å². The first-order valence-corrected chi connectivity index (χ1v) is 5.95. The first kappa shape index (κ1) is 11.2. The maximum Gasteiger partial charge on any atom is 0.127 e. The predicted octanol–water partition coefficient (Wildman–Crippen LogP) is 3.48. The molecule has 0 radical (unpaired) electrons. The van der Waals surface area contributed by atoms with Gasteiger partial charge in [-0.25, -0.2) is 4.98 Å². The molecule has 16 heavy (non-hydrogen) atoms. The zero-order chi connectivity index (χ0) is 11.4. The van der Waals surface area contributed by atoms with Gasteiger partial charge in [0.25, 0.3) is 0 Å². The number of anilines is 1. The zero-order valence-corrected chi connectivity index (χ0v) is 10.6. The van der Waals surface area contributed by atoms with E-state index < -0.39 is 0 Å². The van der Waals surface area contributed by atoms with E-state index in [2.05, 4.69) is 33.2 Å². The Morgan fingerprint density at radius 1 is 1.38 bits per heavy atom. The van der Waals surface area contributed by atoms with Gasteiger partial charge in [-0.15, -0.1) is 0 Å². The summed E-state index contributed by atoms with van der Waals surface area (Å²) in [7, 11) is 0. The Morgan fingerprint density at radius 3 is 2.94 bits per heavy atom. The van der Waals surface area contributed by atoms with E-state index in [9.17, 15) is 0 Å². The van der Waals surface area contributed by atoms with Gasteiger partial charge in [0.15, 0.2) is 0 Å². The second kappa shape index (κ2) is 5.16. The number of nitrogens with one attached hydrogen (secondary N) is 1. The lowest BCUT2D eigenvalue weighted by Gasteiger charge is -2.13. The third-order valence-electron chi connectivity index (χ3n) is 2.20. The monoisotopic (exact) mass is 280 g/mol. The van der Waals surface area contributed by atoms with Crippen LogP contribution >= 0.6 is 15.9 Å². The zero-order valence-electron chi connectivity index (χ0n) is 8.98. The molecule has 0 aliphatic rings. The Bertz CT molecular complexity index is 442. The molecule has 2 heterocycles. The fourth-order valence-corrected chi connectivity index (χ4v) is 1.87. The molecule has 0 amide bonds. The van der Waals surface area contributed by atoms with Gasteiger partial charge in [0.05, 0.1) is 6.26 Å².